The van der Waals surface area contributed by atoms with Crippen molar-refractivity contribution in [3.63, 3.8) is 0 Å². The second-order valence-corrected chi connectivity index (χ2v) is 7.23. The number of carbonyl (C=O) groups excluding carboxylic acids is 1. The van der Waals surface area contributed by atoms with E-state index in [1.807, 2.05) is 24.3 Å². The van der Waals surface area contributed by atoms with Crippen LogP contribution in [0, 0.1) is 0 Å². The Morgan fingerprint density at radius 3 is 2.29 bits per heavy atom. The summed E-state index contributed by atoms with van der Waals surface area (Å²) in [6, 6.07) is 13.1. The maximum Gasteiger partial charge on any atom is 0.257 e. The summed E-state index contributed by atoms with van der Waals surface area (Å²) in [5, 5.41) is 3.29. The van der Waals surface area contributed by atoms with Crippen LogP contribution in [0.3, 0.4) is 0 Å². The molecule has 0 radical (unpaired) electrons. The zero-order chi connectivity index (χ0) is 15.6. The summed E-state index contributed by atoms with van der Waals surface area (Å²) in [4.78, 5) is 12.3. The van der Waals surface area contributed by atoms with Gasteiger partial charge >= 0.3 is 0 Å². The van der Waals surface area contributed by atoms with Crippen molar-refractivity contribution in [2.75, 3.05) is 5.32 Å². The second-order valence-electron chi connectivity index (χ2n) is 5.91. The maximum atomic E-state index is 12.3. The molecule has 2 aromatic rings. The van der Waals surface area contributed by atoms with Crippen molar-refractivity contribution >= 4 is 39.1 Å². The first-order chi connectivity index (χ1) is 9.77. The number of anilines is 1. The highest BCUT2D eigenvalue weighted by Crippen LogP contribution is 2.25. The number of carbonyl (C=O) groups is 1. The molecule has 1 amide bonds. The molecule has 0 aromatic heterocycles. The Hall–Kier alpha value is -1.32. The molecule has 0 saturated carbocycles. The molecule has 0 aliphatic rings. The SMILES string of the molecule is CC(C)(C)c1ccc(NC(=O)c2cc(Br)ccc2Cl)cc1. The number of hydrogen-bond acceptors (Lipinski definition) is 1. The highest BCUT2D eigenvalue weighted by Gasteiger charge is 2.14. The Kier molecular flexibility index (Phi) is 4.74. The first-order valence-electron chi connectivity index (χ1n) is 6.64. The van der Waals surface area contributed by atoms with E-state index in [0.29, 0.717) is 10.6 Å². The molecule has 0 spiro atoms. The minimum atomic E-state index is -0.218. The molecular formula is C17H17BrClNO. The van der Waals surface area contributed by atoms with Crippen LogP contribution in [0.5, 0.6) is 0 Å². The molecule has 0 heterocycles. The molecule has 0 aliphatic heterocycles. The van der Waals surface area contributed by atoms with E-state index < -0.39 is 0 Å². The summed E-state index contributed by atoms with van der Waals surface area (Å²) < 4.78 is 0.820. The van der Waals surface area contributed by atoms with E-state index in [1.54, 1.807) is 18.2 Å². The van der Waals surface area contributed by atoms with Gasteiger partial charge in [0.15, 0.2) is 0 Å². The van der Waals surface area contributed by atoms with Crippen LogP contribution < -0.4 is 5.32 Å². The van der Waals surface area contributed by atoms with Crippen LogP contribution in [0.25, 0.3) is 0 Å². The van der Waals surface area contributed by atoms with E-state index >= 15 is 0 Å². The van der Waals surface area contributed by atoms with Crippen LogP contribution >= 0.6 is 27.5 Å². The van der Waals surface area contributed by atoms with E-state index in [-0.39, 0.29) is 11.3 Å². The fraction of sp³-hybridized carbons (Fsp3) is 0.235. The second kappa shape index (κ2) is 6.20. The number of amides is 1. The predicted molar refractivity (Wildman–Crippen MR) is 92.2 cm³/mol. The molecule has 4 heteroatoms. The van der Waals surface area contributed by atoms with E-state index in [4.69, 9.17) is 11.6 Å². The highest BCUT2D eigenvalue weighted by atomic mass is 79.9. The molecule has 0 fully saturated rings. The maximum absolute atomic E-state index is 12.3. The molecule has 2 nitrogen and oxygen atoms in total. The van der Waals surface area contributed by atoms with Gasteiger partial charge in [-0.05, 0) is 41.3 Å². The van der Waals surface area contributed by atoms with E-state index in [1.165, 1.54) is 5.56 Å². The Morgan fingerprint density at radius 2 is 1.71 bits per heavy atom. The average Bonchev–Trinajstić information content (AvgIpc) is 2.41. The number of halogens is 2. The monoisotopic (exact) mass is 365 g/mol. The van der Waals surface area contributed by atoms with Gasteiger partial charge in [-0.25, -0.2) is 0 Å². The Balaban J connectivity index is 2.18. The number of hydrogen-bond donors (Lipinski definition) is 1. The molecule has 0 atom stereocenters. The molecule has 0 aliphatic carbocycles. The summed E-state index contributed by atoms with van der Waals surface area (Å²) >= 11 is 9.40. The number of benzene rings is 2. The van der Waals surface area contributed by atoms with Gasteiger partial charge in [0.2, 0.25) is 0 Å². The third-order valence-corrected chi connectivity index (χ3v) is 4.00. The molecule has 2 aromatic carbocycles. The number of rotatable bonds is 2. The van der Waals surface area contributed by atoms with Crippen LogP contribution in [0.2, 0.25) is 5.02 Å². The van der Waals surface area contributed by atoms with Crippen molar-refractivity contribution in [3.05, 3.63) is 63.1 Å². The van der Waals surface area contributed by atoms with Gasteiger partial charge in [0, 0.05) is 10.2 Å². The zero-order valence-electron chi connectivity index (χ0n) is 12.2. The lowest BCUT2D eigenvalue weighted by atomic mass is 9.87. The van der Waals surface area contributed by atoms with E-state index in [2.05, 4.69) is 42.0 Å². The van der Waals surface area contributed by atoms with Gasteiger partial charge in [-0.2, -0.15) is 0 Å². The summed E-state index contributed by atoms with van der Waals surface area (Å²) in [7, 11) is 0. The standard InChI is InChI=1S/C17H17BrClNO/c1-17(2,3)11-4-7-13(8-5-11)20-16(21)14-10-12(18)6-9-15(14)19/h4-10H,1-3H3,(H,20,21). The number of nitrogens with one attached hydrogen (secondary N) is 1. The minimum absolute atomic E-state index is 0.0934. The first-order valence-corrected chi connectivity index (χ1v) is 7.81. The van der Waals surface area contributed by atoms with Gasteiger partial charge in [-0.1, -0.05) is 60.4 Å². The molecule has 1 N–H and O–H groups in total. The van der Waals surface area contributed by atoms with Crippen LogP contribution in [-0.2, 0) is 5.41 Å². The Morgan fingerprint density at radius 1 is 1.10 bits per heavy atom. The lowest BCUT2D eigenvalue weighted by Crippen LogP contribution is -2.14. The highest BCUT2D eigenvalue weighted by molar-refractivity contribution is 9.10. The molecule has 0 saturated heterocycles. The third kappa shape index (κ3) is 4.08. The zero-order valence-corrected chi connectivity index (χ0v) is 14.5. The summed E-state index contributed by atoms with van der Waals surface area (Å²) in [6.45, 7) is 6.46. The molecule has 2 rings (SSSR count). The molecule has 0 bridgehead atoms. The van der Waals surface area contributed by atoms with Gasteiger partial charge in [-0.15, -0.1) is 0 Å². The summed E-state index contributed by atoms with van der Waals surface area (Å²) in [6.07, 6.45) is 0. The quantitative estimate of drug-likeness (QED) is 0.731. The lowest BCUT2D eigenvalue weighted by Gasteiger charge is -2.19. The van der Waals surface area contributed by atoms with Gasteiger partial charge in [0.05, 0.1) is 10.6 Å². The molecular weight excluding hydrogens is 350 g/mol. The van der Waals surface area contributed by atoms with Crippen molar-refractivity contribution in [2.45, 2.75) is 26.2 Å². The van der Waals surface area contributed by atoms with Crippen LogP contribution in [0.4, 0.5) is 5.69 Å². The van der Waals surface area contributed by atoms with Crippen molar-refractivity contribution in [1.29, 1.82) is 0 Å². The minimum Gasteiger partial charge on any atom is -0.322 e. The summed E-state index contributed by atoms with van der Waals surface area (Å²) in [5.74, 6) is -0.218. The van der Waals surface area contributed by atoms with E-state index in [0.717, 1.165) is 10.2 Å². The van der Waals surface area contributed by atoms with Gasteiger partial charge in [-0.3, -0.25) is 4.79 Å². The Bertz CT molecular complexity index is 659. The predicted octanol–water partition coefficient (Wildman–Crippen LogP) is 5.65. The third-order valence-electron chi connectivity index (χ3n) is 3.18. The van der Waals surface area contributed by atoms with Crippen molar-refractivity contribution in [1.82, 2.24) is 0 Å². The first kappa shape index (κ1) is 16.1. The van der Waals surface area contributed by atoms with Crippen LogP contribution in [0.1, 0.15) is 36.7 Å². The Labute approximate surface area is 138 Å². The fourth-order valence-corrected chi connectivity index (χ4v) is 2.49. The average molecular weight is 367 g/mol. The van der Waals surface area contributed by atoms with Gasteiger partial charge < -0.3 is 5.32 Å². The fourth-order valence-electron chi connectivity index (χ4n) is 1.92. The molecule has 0 unspecified atom stereocenters. The normalized spacial score (nSPS) is 11.3. The van der Waals surface area contributed by atoms with Crippen molar-refractivity contribution < 1.29 is 4.79 Å². The smallest absolute Gasteiger partial charge is 0.257 e. The van der Waals surface area contributed by atoms with Crippen molar-refractivity contribution in [3.8, 4) is 0 Å². The lowest BCUT2D eigenvalue weighted by molar-refractivity contribution is 0.102. The van der Waals surface area contributed by atoms with Gasteiger partial charge in [0.25, 0.3) is 5.91 Å². The van der Waals surface area contributed by atoms with Gasteiger partial charge in [0.1, 0.15) is 0 Å². The van der Waals surface area contributed by atoms with Crippen LogP contribution in [0.15, 0.2) is 46.9 Å². The molecule has 110 valence electrons. The molecule has 21 heavy (non-hydrogen) atoms. The topological polar surface area (TPSA) is 29.1 Å². The van der Waals surface area contributed by atoms with Crippen molar-refractivity contribution in [2.24, 2.45) is 0 Å². The van der Waals surface area contributed by atoms with E-state index in [9.17, 15) is 4.79 Å². The largest absolute Gasteiger partial charge is 0.322 e. The van der Waals surface area contributed by atoms with Crippen LogP contribution in [-0.4, -0.2) is 5.91 Å². The summed E-state index contributed by atoms with van der Waals surface area (Å²) in [5.41, 5.74) is 2.52.